The molecule has 0 aliphatic carbocycles. The molecule has 2 atom stereocenters. The predicted octanol–water partition coefficient (Wildman–Crippen LogP) is 4.46. The molecule has 35 heavy (non-hydrogen) atoms. The van der Waals surface area contributed by atoms with Gasteiger partial charge in [0.25, 0.3) is 0 Å². The number of ether oxygens (including phenoxy) is 1. The van der Waals surface area contributed by atoms with Gasteiger partial charge < -0.3 is 10.1 Å². The van der Waals surface area contributed by atoms with Crippen LogP contribution in [0.25, 0.3) is 0 Å². The number of carbonyl (C=O) groups is 2. The van der Waals surface area contributed by atoms with Crippen LogP contribution in [-0.2, 0) is 31.0 Å². The number of carbonyl (C=O) groups excluding carboxylic acids is 2. The lowest BCUT2D eigenvalue weighted by molar-refractivity contribution is -0.141. The van der Waals surface area contributed by atoms with E-state index < -0.39 is 27.8 Å². The Labute approximate surface area is 207 Å². The van der Waals surface area contributed by atoms with Crippen molar-refractivity contribution in [3.8, 4) is 0 Å². The summed E-state index contributed by atoms with van der Waals surface area (Å²) in [6.45, 7) is 6.94. The van der Waals surface area contributed by atoms with E-state index in [1.165, 1.54) is 0 Å². The highest BCUT2D eigenvalue weighted by Crippen LogP contribution is 2.39. The average molecular weight is 497 g/mol. The first-order valence-corrected chi connectivity index (χ1v) is 13.4. The summed E-state index contributed by atoms with van der Waals surface area (Å²) in [5.41, 5.74) is 2.69. The molecule has 2 aromatic rings. The summed E-state index contributed by atoms with van der Waals surface area (Å²) in [6.07, 6.45) is 1.48. The van der Waals surface area contributed by atoms with Crippen molar-refractivity contribution in [3.05, 3.63) is 94.3 Å². The van der Waals surface area contributed by atoms with Crippen LogP contribution in [0.1, 0.15) is 51.3 Å². The van der Waals surface area contributed by atoms with Crippen molar-refractivity contribution >= 4 is 21.9 Å². The van der Waals surface area contributed by atoms with Gasteiger partial charge in [-0.15, -0.1) is 0 Å². The fraction of sp³-hybridized carbons (Fsp3) is 0.333. The zero-order chi connectivity index (χ0) is 25.8. The van der Waals surface area contributed by atoms with Crippen molar-refractivity contribution in [3.63, 3.8) is 0 Å². The smallest absolute Gasteiger partial charge is 0.336 e. The van der Waals surface area contributed by atoms with Crippen molar-refractivity contribution in [2.45, 2.75) is 46.8 Å². The SMILES string of the molecule is CCC1C(C(=O)N[C@H](C)c2ccccc2)=C(C)N(S(C)(=O)=O)C(C)=C1C(=O)OCc1ccccc1. The van der Waals surface area contributed by atoms with Crippen LogP contribution in [-0.4, -0.2) is 30.9 Å². The normalized spacial score (nSPS) is 17.3. The van der Waals surface area contributed by atoms with Gasteiger partial charge in [-0.1, -0.05) is 67.6 Å². The first kappa shape index (κ1) is 26.2. The van der Waals surface area contributed by atoms with E-state index in [0.717, 1.165) is 21.7 Å². The van der Waals surface area contributed by atoms with Gasteiger partial charge in [-0.25, -0.2) is 17.5 Å². The van der Waals surface area contributed by atoms with Crippen molar-refractivity contribution in [1.82, 2.24) is 9.62 Å². The van der Waals surface area contributed by atoms with Crippen LogP contribution >= 0.6 is 0 Å². The minimum Gasteiger partial charge on any atom is -0.457 e. The number of nitrogens with one attached hydrogen (secondary N) is 1. The second-order valence-electron chi connectivity index (χ2n) is 8.65. The number of rotatable bonds is 8. The number of hydrogen-bond acceptors (Lipinski definition) is 5. The number of nitrogens with zero attached hydrogens (tertiary/aromatic N) is 1. The summed E-state index contributed by atoms with van der Waals surface area (Å²) in [5, 5.41) is 2.97. The van der Waals surface area contributed by atoms with Crippen LogP contribution < -0.4 is 5.32 Å². The summed E-state index contributed by atoms with van der Waals surface area (Å²) < 4.78 is 32.1. The minimum atomic E-state index is -3.81. The number of amides is 1. The maximum Gasteiger partial charge on any atom is 0.336 e. The summed E-state index contributed by atoms with van der Waals surface area (Å²) in [7, 11) is -3.81. The number of sulfonamides is 1. The van der Waals surface area contributed by atoms with Gasteiger partial charge in [-0.3, -0.25) is 4.79 Å². The fourth-order valence-electron chi connectivity index (χ4n) is 4.54. The van der Waals surface area contributed by atoms with Crippen LogP contribution in [0.2, 0.25) is 0 Å². The molecular weight excluding hydrogens is 464 g/mol. The Morgan fingerprint density at radius 2 is 1.51 bits per heavy atom. The molecule has 0 radical (unpaired) electrons. The van der Waals surface area contributed by atoms with Gasteiger partial charge in [-0.05, 0) is 38.3 Å². The van der Waals surface area contributed by atoms with Crippen molar-refractivity contribution in [2.75, 3.05) is 6.26 Å². The first-order valence-electron chi connectivity index (χ1n) is 11.5. The quantitative estimate of drug-likeness (QED) is 0.545. The van der Waals surface area contributed by atoms with Gasteiger partial charge in [0.15, 0.2) is 0 Å². The molecule has 186 valence electrons. The van der Waals surface area contributed by atoms with Crippen molar-refractivity contribution in [2.24, 2.45) is 5.92 Å². The van der Waals surface area contributed by atoms with E-state index in [1.54, 1.807) is 13.8 Å². The van der Waals surface area contributed by atoms with Crippen molar-refractivity contribution in [1.29, 1.82) is 0 Å². The molecule has 0 saturated carbocycles. The maximum atomic E-state index is 13.5. The Bertz CT molecular complexity index is 1250. The molecule has 2 aromatic carbocycles. The fourth-order valence-corrected chi connectivity index (χ4v) is 5.73. The molecule has 3 rings (SSSR count). The van der Waals surface area contributed by atoms with Crippen LogP contribution in [0.5, 0.6) is 0 Å². The third-order valence-electron chi connectivity index (χ3n) is 6.15. The molecule has 0 aromatic heterocycles. The van der Waals surface area contributed by atoms with Crippen LogP contribution in [0, 0.1) is 5.92 Å². The summed E-state index contributed by atoms with van der Waals surface area (Å²) in [4.78, 5) is 26.8. The number of allylic oxidation sites excluding steroid dienone is 2. The average Bonchev–Trinajstić information content (AvgIpc) is 2.82. The van der Waals surface area contributed by atoms with Gasteiger partial charge in [-0.2, -0.15) is 0 Å². The highest BCUT2D eigenvalue weighted by atomic mass is 32.2. The third-order valence-corrected chi connectivity index (χ3v) is 7.36. The molecule has 1 amide bonds. The van der Waals surface area contributed by atoms with E-state index in [0.29, 0.717) is 6.42 Å². The molecule has 1 N–H and O–H groups in total. The van der Waals surface area contributed by atoms with Crippen molar-refractivity contribution < 1.29 is 22.7 Å². The number of benzene rings is 2. The Morgan fingerprint density at radius 1 is 0.971 bits per heavy atom. The molecule has 8 heteroatoms. The highest BCUT2D eigenvalue weighted by Gasteiger charge is 2.40. The lowest BCUT2D eigenvalue weighted by atomic mass is 9.83. The minimum absolute atomic E-state index is 0.0427. The molecule has 1 aliphatic heterocycles. The van der Waals surface area contributed by atoms with Crippen LogP contribution in [0.3, 0.4) is 0 Å². The number of hydrogen-bond donors (Lipinski definition) is 1. The monoisotopic (exact) mass is 496 g/mol. The topological polar surface area (TPSA) is 92.8 Å². The van der Waals surface area contributed by atoms with Gasteiger partial charge in [0.05, 0.1) is 17.9 Å². The van der Waals surface area contributed by atoms with Gasteiger partial charge in [0.2, 0.25) is 15.9 Å². The van der Waals surface area contributed by atoms with E-state index >= 15 is 0 Å². The Kier molecular flexibility index (Phi) is 8.17. The molecule has 0 fully saturated rings. The molecule has 0 saturated heterocycles. The van der Waals surface area contributed by atoms with Gasteiger partial charge >= 0.3 is 5.97 Å². The lowest BCUT2D eigenvalue weighted by Gasteiger charge is -2.36. The summed E-state index contributed by atoms with van der Waals surface area (Å²) in [6, 6.07) is 18.4. The zero-order valence-corrected chi connectivity index (χ0v) is 21.6. The van der Waals surface area contributed by atoms with E-state index in [4.69, 9.17) is 4.74 Å². The third kappa shape index (κ3) is 5.82. The highest BCUT2D eigenvalue weighted by molar-refractivity contribution is 7.88. The molecular formula is C27H32N2O5S. The molecule has 0 spiro atoms. The lowest BCUT2D eigenvalue weighted by Crippen LogP contribution is -2.41. The number of esters is 1. The molecule has 1 unspecified atom stereocenters. The van der Waals surface area contributed by atoms with Crippen LogP contribution in [0.4, 0.5) is 0 Å². The van der Waals surface area contributed by atoms with Crippen LogP contribution in [0.15, 0.2) is 83.2 Å². The van der Waals surface area contributed by atoms with E-state index in [1.807, 2.05) is 74.5 Å². The first-order chi connectivity index (χ1) is 16.6. The molecule has 7 nitrogen and oxygen atoms in total. The standard InChI is InChI=1S/C27H32N2O5S/c1-6-23-24(26(30)28-18(2)22-15-11-8-12-16-22)19(3)29(35(5,32)33)20(4)25(23)27(31)34-17-21-13-9-7-10-14-21/h7-16,18,23H,6,17H2,1-5H3,(H,28,30)/t18-,23?/m1/s1. The van der Waals surface area contributed by atoms with E-state index in [9.17, 15) is 18.0 Å². The van der Waals surface area contributed by atoms with Gasteiger partial charge in [0.1, 0.15) is 6.61 Å². The summed E-state index contributed by atoms with van der Waals surface area (Å²) >= 11 is 0. The Hall–Kier alpha value is -3.39. The van der Waals surface area contributed by atoms with E-state index in [-0.39, 0.29) is 35.2 Å². The summed E-state index contributed by atoms with van der Waals surface area (Å²) in [5.74, 6) is -1.67. The second kappa shape index (κ2) is 10.9. The molecule has 1 heterocycles. The zero-order valence-electron chi connectivity index (χ0n) is 20.7. The molecule has 0 bridgehead atoms. The Balaban J connectivity index is 1.98. The van der Waals surface area contributed by atoms with Gasteiger partial charge in [0, 0.05) is 22.9 Å². The largest absolute Gasteiger partial charge is 0.457 e. The predicted molar refractivity (Wildman–Crippen MR) is 135 cm³/mol. The Morgan fingerprint density at radius 3 is 2.06 bits per heavy atom. The maximum absolute atomic E-state index is 13.5. The molecule has 1 aliphatic rings. The van der Waals surface area contributed by atoms with E-state index in [2.05, 4.69) is 5.32 Å². The second-order valence-corrected chi connectivity index (χ2v) is 10.5.